The average molecular weight is 317 g/mol. The lowest BCUT2D eigenvalue weighted by Crippen LogP contribution is -2.42. The lowest BCUT2D eigenvalue weighted by molar-refractivity contribution is -0.123. The number of tetrazole rings is 1. The van der Waals surface area contributed by atoms with Gasteiger partial charge < -0.3 is 5.32 Å². The van der Waals surface area contributed by atoms with Gasteiger partial charge in [-0.25, -0.2) is 4.39 Å². The second kappa shape index (κ2) is 6.85. The fraction of sp³-hybridized carbons (Fsp3) is 0.500. The third kappa shape index (κ3) is 3.91. The minimum absolute atomic E-state index is 0.0391. The Morgan fingerprint density at radius 3 is 2.78 bits per heavy atom. The maximum atomic E-state index is 12.9. The van der Waals surface area contributed by atoms with Crippen molar-refractivity contribution in [2.75, 3.05) is 0 Å². The smallest absolute Gasteiger partial charge is 0.243 e. The van der Waals surface area contributed by atoms with Crippen molar-refractivity contribution in [1.29, 1.82) is 0 Å². The molecule has 1 aliphatic rings. The lowest BCUT2D eigenvalue weighted by atomic mass is 9.86. The molecule has 0 spiro atoms. The van der Waals surface area contributed by atoms with Crippen molar-refractivity contribution in [3.05, 3.63) is 30.1 Å². The van der Waals surface area contributed by atoms with Gasteiger partial charge >= 0.3 is 0 Å². The standard InChI is InChI=1S/C16H20FN5O/c1-11-4-2-3-5-14(11)18-15(23)10-22-20-16(19-21-22)12-6-8-13(17)9-7-12/h6-9,11,14H,2-5,10H2,1H3,(H,18,23)/t11-,14-/m0/s1. The summed E-state index contributed by atoms with van der Waals surface area (Å²) in [5.74, 6) is 0.462. The minimum Gasteiger partial charge on any atom is -0.351 e. The molecule has 0 aliphatic heterocycles. The Balaban J connectivity index is 1.60. The van der Waals surface area contributed by atoms with Crippen molar-refractivity contribution >= 4 is 5.91 Å². The fourth-order valence-corrected chi connectivity index (χ4v) is 2.94. The van der Waals surface area contributed by atoms with E-state index in [1.807, 2.05) is 0 Å². The van der Waals surface area contributed by atoms with Crippen LogP contribution in [0, 0.1) is 11.7 Å². The Hall–Kier alpha value is -2.31. The summed E-state index contributed by atoms with van der Waals surface area (Å²) in [5, 5.41) is 15.0. The molecule has 23 heavy (non-hydrogen) atoms. The van der Waals surface area contributed by atoms with Gasteiger partial charge in [-0.15, -0.1) is 10.2 Å². The van der Waals surface area contributed by atoms with E-state index in [1.165, 1.54) is 23.4 Å². The van der Waals surface area contributed by atoms with Crippen molar-refractivity contribution in [3.63, 3.8) is 0 Å². The molecule has 1 saturated carbocycles. The Labute approximate surface area is 134 Å². The van der Waals surface area contributed by atoms with Crippen LogP contribution >= 0.6 is 0 Å². The Morgan fingerprint density at radius 2 is 2.04 bits per heavy atom. The van der Waals surface area contributed by atoms with Crippen molar-refractivity contribution in [2.45, 2.75) is 45.2 Å². The van der Waals surface area contributed by atoms with Gasteiger partial charge in [0, 0.05) is 11.6 Å². The highest BCUT2D eigenvalue weighted by Gasteiger charge is 2.23. The Kier molecular flexibility index (Phi) is 4.64. The molecular formula is C16H20FN5O. The summed E-state index contributed by atoms with van der Waals surface area (Å²) in [6.07, 6.45) is 4.57. The van der Waals surface area contributed by atoms with Crippen LogP contribution in [-0.2, 0) is 11.3 Å². The summed E-state index contributed by atoms with van der Waals surface area (Å²) in [6.45, 7) is 2.21. The molecule has 1 aromatic carbocycles. The average Bonchev–Trinajstić information content (AvgIpc) is 2.98. The Bertz CT molecular complexity index is 669. The molecular weight excluding hydrogens is 297 g/mol. The van der Waals surface area contributed by atoms with Crippen LogP contribution in [0.1, 0.15) is 32.6 Å². The quantitative estimate of drug-likeness (QED) is 0.938. The molecule has 122 valence electrons. The maximum Gasteiger partial charge on any atom is 0.243 e. The number of halogens is 1. The Morgan fingerprint density at radius 1 is 1.30 bits per heavy atom. The van der Waals surface area contributed by atoms with E-state index in [4.69, 9.17) is 0 Å². The number of hydrogen-bond donors (Lipinski definition) is 1. The van der Waals surface area contributed by atoms with E-state index in [0.717, 1.165) is 19.3 Å². The van der Waals surface area contributed by atoms with Crippen molar-refractivity contribution < 1.29 is 9.18 Å². The van der Waals surface area contributed by atoms with Crippen molar-refractivity contribution in [2.24, 2.45) is 5.92 Å². The fourth-order valence-electron chi connectivity index (χ4n) is 2.94. The molecule has 2 aromatic rings. The highest BCUT2D eigenvalue weighted by molar-refractivity contribution is 5.75. The van der Waals surface area contributed by atoms with E-state index >= 15 is 0 Å². The summed E-state index contributed by atoms with van der Waals surface area (Å²) >= 11 is 0. The van der Waals surface area contributed by atoms with Gasteiger partial charge in [-0.1, -0.05) is 19.8 Å². The highest BCUT2D eigenvalue weighted by atomic mass is 19.1. The number of hydrogen-bond acceptors (Lipinski definition) is 4. The summed E-state index contributed by atoms with van der Waals surface area (Å²) in [4.78, 5) is 13.4. The molecule has 1 aromatic heterocycles. The van der Waals surface area contributed by atoms with E-state index in [-0.39, 0.29) is 24.3 Å². The van der Waals surface area contributed by atoms with E-state index in [0.29, 0.717) is 17.3 Å². The first kappa shape index (κ1) is 15.6. The third-order valence-electron chi connectivity index (χ3n) is 4.30. The first-order valence-electron chi connectivity index (χ1n) is 7.95. The largest absolute Gasteiger partial charge is 0.351 e. The van der Waals surface area contributed by atoms with Gasteiger partial charge in [-0.3, -0.25) is 4.79 Å². The van der Waals surface area contributed by atoms with Gasteiger partial charge in [0.25, 0.3) is 0 Å². The number of nitrogens with zero attached hydrogens (tertiary/aromatic N) is 4. The van der Waals surface area contributed by atoms with Crippen LogP contribution in [0.2, 0.25) is 0 Å². The summed E-state index contributed by atoms with van der Waals surface area (Å²) in [6, 6.07) is 6.08. The van der Waals surface area contributed by atoms with Crippen LogP contribution in [0.3, 0.4) is 0 Å². The van der Waals surface area contributed by atoms with E-state index in [9.17, 15) is 9.18 Å². The summed E-state index contributed by atoms with van der Waals surface area (Å²) in [5.41, 5.74) is 0.666. The van der Waals surface area contributed by atoms with E-state index < -0.39 is 0 Å². The highest BCUT2D eigenvalue weighted by Crippen LogP contribution is 2.23. The van der Waals surface area contributed by atoms with Crippen LogP contribution in [0.15, 0.2) is 24.3 Å². The molecule has 6 nitrogen and oxygen atoms in total. The molecule has 7 heteroatoms. The number of carbonyl (C=O) groups is 1. The van der Waals surface area contributed by atoms with Crippen LogP contribution in [0.25, 0.3) is 11.4 Å². The lowest BCUT2D eigenvalue weighted by Gasteiger charge is -2.29. The monoisotopic (exact) mass is 317 g/mol. The predicted molar refractivity (Wildman–Crippen MR) is 82.8 cm³/mol. The van der Waals surface area contributed by atoms with Crippen LogP contribution in [0.4, 0.5) is 4.39 Å². The molecule has 1 N–H and O–H groups in total. The molecule has 0 saturated heterocycles. The minimum atomic E-state index is -0.317. The molecule has 1 aliphatic carbocycles. The number of benzene rings is 1. The number of amides is 1. The maximum absolute atomic E-state index is 12.9. The number of aromatic nitrogens is 4. The molecule has 1 amide bonds. The molecule has 1 fully saturated rings. The predicted octanol–water partition coefficient (Wildman–Crippen LogP) is 2.17. The molecule has 3 rings (SSSR count). The van der Waals surface area contributed by atoms with Gasteiger partial charge in [0.2, 0.25) is 11.7 Å². The molecule has 1 heterocycles. The zero-order chi connectivity index (χ0) is 16.2. The SMILES string of the molecule is C[C@H]1CCCC[C@@H]1NC(=O)Cn1nnc(-c2ccc(F)cc2)n1. The number of nitrogens with one attached hydrogen (secondary N) is 1. The summed E-state index contributed by atoms with van der Waals surface area (Å²) in [7, 11) is 0. The topological polar surface area (TPSA) is 72.7 Å². The van der Waals surface area contributed by atoms with Crippen LogP contribution in [0.5, 0.6) is 0 Å². The van der Waals surface area contributed by atoms with Gasteiger partial charge in [0.15, 0.2) is 0 Å². The summed E-state index contributed by atoms with van der Waals surface area (Å²) < 4.78 is 12.9. The van der Waals surface area contributed by atoms with Crippen LogP contribution < -0.4 is 5.32 Å². The zero-order valence-corrected chi connectivity index (χ0v) is 13.1. The molecule has 2 atom stereocenters. The number of rotatable bonds is 4. The number of carbonyl (C=O) groups excluding carboxylic acids is 1. The second-order valence-electron chi connectivity index (χ2n) is 6.09. The van der Waals surface area contributed by atoms with E-state index in [1.54, 1.807) is 12.1 Å². The zero-order valence-electron chi connectivity index (χ0n) is 13.1. The normalized spacial score (nSPS) is 21.1. The van der Waals surface area contributed by atoms with Gasteiger partial charge in [0.05, 0.1) is 0 Å². The van der Waals surface area contributed by atoms with E-state index in [2.05, 4.69) is 27.7 Å². The van der Waals surface area contributed by atoms with Crippen LogP contribution in [-0.4, -0.2) is 32.2 Å². The molecule has 0 unspecified atom stereocenters. The molecule has 0 radical (unpaired) electrons. The third-order valence-corrected chi connectivity index (χ3v) is 4.30. The van der Waals surface area contributed by atoms with Gasteiger partial charge in [-0.05, 0) is 48.2 Å². The van der Waals surface area contributed by atoms with Crippen molar-refractivity contribution in [1.82, 2.24) is 25.5 Å². The second-order valence-corrected chi connectivity index (χ2v) is 6.09. The first-order valence-corrected chi connectivity index (χ1v) is 7.95. The van der Waals surface area contributed by atoms with Crippen molar-refractivity contribution in [3.8, 4) is 11.4 Å². The van der Waals surface area contributed by atoms with Gasteiger partial charge in [-0.2, -0.15) is 4.80 Å². The first-order chi connectivity index (χ1) is 11.1. The molecule has 0 bridgehead atoms. The van der Waals surface area contributed by atoms with Gasteiger partial charge in [0.1, 0.15) is 12.4 Å².